The summed E-state index contributed by atoms with van der Waals surface area (Å²) in [6, 6.07) is 1.76. The Morgan fingerprint density at radius 3 is 2.89 bits per heavy atom. The molecule has 4 nitrogen and oxygen atoms in total. The van der Waals surface area contributed by atoms with Crippen LogP contribution < -0.4 is 5.32 Å². The smallest absolute Gasteiger partial charge is 0.336 e. The van der Waals surface area contributed by atoms with Crippen molar-refractivity contribution in [3.63, 3.8) is 0 Å². The van der Waals surface area contributed by atoms with Crippen LogP contribution >= 0.6 is 11.3 Å². The van der Waals surface area contributed by atoms with Crippen molar-refractivity contribution in [1.29, 1.82) is 0 Å². The minimum absolute atomic E-state index is 0.395. The summed E-state index contributed by atoms with van der Waals surface area (Å²) in [4.78, 5) is 14.4. The highest BCUT2D eigenvalue weighted by atomic mass is 32.1. The Hall–Kier alpha value is -0.910. The predicted molar refractivity (Wildman–Crippen MR) is 77.8 cm³/mol. The highest BCUT2D eigenvalue weighted by Crippen LogP contribution is 2.14. The lowest BCUT2D eigenvalue weighted by atomic mass is 10.1. The molecule has 2 heterocycles. The normalized spacial score (nSPS) is 17.7. The van der Waals surface area contributed by atoms with Crippen LogP contribution in [0, 0.1) is 5.92 Å². The summed E-state index contributed by atoms with van der Waals surface area (Å²) in [5.74, 6) is -0.207. The SMILES string of the molecule is CC(CNCc1cc(C(=O)O)cs1)CN1CCCC1. The molecule has 2 N–H and O–H groups in total. The Morgan fingerprint density at radius 1 is 1.53 bits per heavy atom. The highest BCUT2D eigenvalue weighted by molar-refractivity contribution is 7.10. The number of aromatic carboxylic acids is 1. The van der Waals surface area contributed by atoms with E-state index in [1.807, 2.05) is 0 Å². The summed E-state index contributed by atoms with van der Waals surface area (Å²) < 4.78 is 0. The second kappa shape index (κ2) is 7.03. The van der Waals surface area contributed by atoms with Crippen molar-refractivity contribution < 1.29 is 9.90 Å². The molecule has 106 valence electrons. The van der Waals surface area contributed by atoms with Gasteiger partial charge in [0.25, 0.3) is 0 Å². The molecule has 1 saturated heterocycles. The molecule has 0 aromatic carbocycles. The van der Waals surface area contributed by atoms with Gasteiger partial charge in [-0.1, -0.05) is 6.92 Å². The third-order valence-electron chi connectivity index (χ3n) is 3.46. The van der Waals surface area contributed by atoms with E-state index in [2.05, 4.69) is 17.1 Å². The second-order valence-corrected chi connectivity index (χ2v) is 6.35. The summed E-state index contributed by atoms with van der Waals surface area (Å²) in [7, 11) is 0. The molecule has 1 aromatic heterocycles. The lowest BCUT2D eigenvalue weighted by molar-refractivity contribution is 0.0697. The summed E-state index contributed by atoms with van der Waals surface area (Å²) in [6.07, 6.45) is 2.68. The monoisotopic (exact) mass is 282 g/mol. The molecule has 0 amide bonds. The molecule has 2 rings (SSSR count). The molecule has 19 heavy (non-hydrogen) atoms. The number of thiophene rings is 1. The molecule has 5 heteroatoms. The summed E-state index contributed by atoms with van der Waals surface area (Å²) >= 11 is 1.51. The number of hydrogen-bond acceptors (Lipinski definition) is 4. The number of carboxylic acid groups (broad SMARTS) is 1. The summed E-state index contributed by atoms with van der Waals surface area (Å²) in [6.45, 7) is 7.67. The Balaban J connectivity index is 1.65. The minimum Gasteiger partial charge on any atom is -0.478 e. The van der Waals surface area contributed by atoms with Gasteiger partial charge in [-0.15, -0.1) is 11.3 Å². The van der Waals surface area contributed by atoms with Gasteiger partial charge in [-0.05, 0) is 44.5 Å². The molecular weight excluding hydrogens is 260 g/mol. The lowest BCUT2D eigenvalue weighted by Crippen LogP contribution is -2.31. The van der Waals surface area contributed by atoms with Crippen LogP contribution in [0.15, 0.2) is 11.4 Å². The van der Waals surface area contributed by atoms with Crippen molar-refractivity contribution in [3.05, 3.63) is 21.9 Å². The van der Waals surface area contributed by atoms with Crippen molar-refractivity contribution in [2.75, 3.05) is 26.2 Å². The molecule has 0 bridgehead atoms. The first kappa shape index (κ1) is 14.5. The van der Waals surface area contributed by atoms with E-state index in [1.165, 1.54) is 37.3 Å². The molecule has 1 atom stereocenters. The van der Waals surface area contributed by atoms with E-state index in [0.29, 0.717) is 11.5 Å². The lowest BCUT2D eigenvalue weighted by Gasteiger charge is -2.20. The zero-order valence-electron chi connectivity index (χ0n) is 11.4. The van der Waals surface area contributed by atoms with E-state index < -0.39 is 5.97 Å². The summed E-state index contributed by atoms with van der Waals surface area (Å²) in [5.41, 5.74) is 0.395. The summed E-state index contributed by atoms with van der Waals surface area (Å²) in [5, 5.41) is 14.0. The maximum absolute atomic E-state index is 10.8. The quantitative estimate of drug-likeness (QED) is 0.805. The largest absolute Gasteiger partial charge is 0.478 e. The van der Waals surface area contributed by atoms with Gasteiger partial charge in [0.2, 0.25) is 0 Å². The number of hydrogen-bond donors (Lipinski definition) is 2. The molecule has 1 aliphatic rings. The van der Waals surface area contributed by atoms with Gasteiger partial charge < -0.3 is 15.3 Å². The van der Waals surface area contributed by atoms with E-state index in [-0.39, 0.29) is 0 Å². The van der Waals surface area contributed by atoms with Crippen molar-refractivity contribution in [1.82, 2.24) is 10.2 Å². The molecular formula is C14H22N2O2S. The third kappa shape index (κ3) is 4.60. The fourth-order valence-electron chi connectivity index (χ4n) is 2.50. The van der Waals surface area contributed by atoms with Crippen LogP contribution in [-0.2, 0) is 6.54 Å². The highest BCUT2D eigenvalue weighted by Gasteiger charge is 2.14. The third-order valence-corrected chi connectivity index (χ3v) is 4.40. The van der Waals surface area contributed by atoms with E-state index in [1.54, 1.807) is 11.4 Å². The first-order valence-electron chi connectivity index (χ1n) is 6.89. The van der Waals surface area contributed by atoms with Crippen molar-refractivity contribution in [3.8, 4) is 0 Å². The van der Waals surface area contributed by atoms with Gasteiger partial charge in [0.05, 0.1) is 5.56 Å². The molecule has 0 aliphatic carbocycles. The van der Waals surface area contributed by atoms with E-state index in [4.69, 9.17) is 5.11 Å². The molecule has 1 fully saturated rings. The van der Waals surface area contributed by atoms with Gasteiger partial charge in [0, 0.05) is 23.3 Å². The average Bonchev–Trinajstić information content (AvgIpc) is 3.00. The fraction of sp³-hybridized carbons (Fsp3) is 0.643. The number of carboxylic acids is 1. The van der Waals surface area contributed by atoms with E-state index in [0.717, 1.165) is 24.5 Å². The van der Waals surface area contributed by atoms with Crippen molar-refractivity contribution in [2.24, 2.45) is 5.92 Å². The second-order valence-electron chi connectivity index (χ2n) is 5.35. The maximum atomic E-state index is 10.8. The minimum atomic E-state index is -0.843. The number of likely N-dealkylation sites (tertiary alicyclic amines) is 1. The standard InChI is InChI=1S/C14H22N2O2S/c1-11(9-16-4-2-3-5-16)7-15-8-13-6-12(10-19-13)14(17)18/h6,10-11,15H,2-5,7-9H2,1H3,(H,17,18). The number of rotatable bonds is 7. The Kier molecular flexibility index (Phi) is 5.36. The number of nitrogens with one attached hydrogen (secondary N) is 1. The van der Waals surface area contributed by atoms with Gasteiger partial charge in [-0.25, -0.2) is 4.79 Å². The number of carbonyl (C=O) groups is 1. The van der Waals surface area contributed by atoms with Crippen LogP contribution in [0.3, 0.4) is 0 Å². The first-order valence-corrected chi connectivity index (χ1v) is 7.77. The first-order chi connectivity index (χ1) is 9.15. The Labute approximate surface area is 118 Å². The topological polar surface area (TPSA) is 52.6 Å². The molecule has 1 aromatic rings. The fourth-order valence-corrected chi connectivity index (χ4v) is 3.33. The maximum Gasteiger partial charge on any atom is 0.336 e. The Morgan fingerprint density at radius 2 is 2.26 bits per heavy atom. The van der Waals surface area contributed by atoms with Crippen LogP contribution in [0.4, 0.5) is 0 Å². The predicted octanol–water partition coefficient (Wildman–Crippen LogP) is 2.27. The van der Waals surface area contributed by atoms with Crippen LogP contribution in [0.25, 0.3) is 0 Å². The van der Waals surface area contributed by atoms with Gasteiger partial charge >= 0.3 is 5.97 Å². The molecule has 0 radical (unpaired) electrons. The van der Waals surface area contributed by atoms with E-state index in [9.17, 15) is 4.79 Å². The van der Waals surface area contributed by atoms with E-state index >= 15 is 0 Å². The molecule has 0 spiro atoms. The van der Waals surface area contributed by atoms with Crippen LogP contribution in [0.5, 0.6) is 0 Å². The number of nitrogens with zero attached hydrogens (tertiary/aromatic N) is 1. The Bertz CT molecular complexity index is 413. The zero-order valence-corrected chi connectivity index (χ0v) is 12.2. The van der Waals surface area contributed by atoms with Gasteiger partial charge in [0.1, 0.15) is 0 Å². The zero-order chi connectivity index (χ0) is 13.7. The van der Waals surface area contributed by atoms with Crippen LogP contribution in [-0.4, -0.2) is 42.2 Å². The van der Waals surface area contributed by atoms with Crippen LogP contribution in [0.1, 0.15) is 35.0 Å². The molecule has 1 aliphatic heterocycles. The van der Waals surface area contributed by atoms with Gasteiger partial charge in [-0.2, -0.15) is 0 Å². The van der Waals surface area contributed by atoms with Crippen LogP contribution in [0.2, 0.25) is 0 Å². The molecule has 0 saturated carbocycles. The average molecular weight is 282 g/mol. The van der Waals surface area contributed by atoms with Crippen molar-refractivity contribution in [2.45, 2.75) is 26.3 Å². The van der Waals surface area contributed by atoms with Crippen molar-refractivity contribution >= 4 is 17.3 Å². The van der Waals surface area contributed by atoms with Gasteiger partial charge in [-0.3, -0.25) is 0 Å². The van der Waals surface area contributed by atoms with Gasteiger partial charge in [0.15, 0.2) is 0 Å². The molecule has 1 unspecified atom stereocenters.